The highest BCUT2D eigenvalue weighted by Crippen LogP contribution is 2.37. The van der Waals surface area contributed by atoms with Gasteiger partial charge in [-0.1, -0.05) is 12.1 Å². The molecule has 0 atom stereocenters. The first-order valence-electron chi connectivity index (χ1n) is 8.41. The van der Waals surface area contributed by atoms with Gasteiger partial charge in [0.2, 0.25) is 5.91 Å². The second-order valence-corrected chi connectivity index (χ2v) is 6.83. The predicted molar refractivity (Wildman–Crippen MR) is 89.0 cm³/mol. The molecule has 2 fully saturated rings. The van der Waals surface area contributed by atoms with E-state index in [2.05, 4.69) is 10.6 Å². The zero-order valence-electron chi connectivity index (χ0n) is 13.7. The van der Waals surface area contributed by atoms with Gasteiger partial charge >= 0.3 is 0 Å². The summed E-state index contributed by atoms with van der Waals surface area (Å²) >= 11 is 0. The lowest BCUT2D eigenvalue weighted by Gasteiger charge is -2.38. The topological polar surface area (TPSA) is 61.4 Å². The van der Waals surface area contributed by atoms with Crippen LogP contribution in [0.3, 0.4) is 0 Å². The molecule has 2 saturated heterocycles. The average molecular weight is 315 g/mol. The molecule has 0 aliphatic carbocycles. The summed E-state index contributed by atoms with van der Waals surface area (Å²) in [7, 11) is 0. The van der Waals surface area contributed by atoms with E-state index >= 15 is 0 Å². The molecule has 1 spiro atoms. The first-order chi connectivity index (χ1) is 11.1. The van der Waals surface area contributed by atoms with Gasteiger partial charge in [0, 0.05) is 38.7 Å². The van der Waals surface area contributed by atoms with E-state index in [0.717, 1.165) is 50.1 Å². The van der Waals surface area contributed by atoms with Gasteiger partial charge < -0.3 is 15.5 Å². The second-order valence-electron chi connectivity index (χ2n) is 6.83. The number of carbonyl (C=O) groups excluding carboxylic acids is 2. The molecular formula is C18H25N3O2. The predicted octanol–water partition coefficient (Wildman–Crippen LogP) is 1.54. The number of hydrogen-bond donors (Lipinski definition) is 2. The Bertz CT molecular complexity index is 566. The Morgan fingerprint density at radius 3 is 2.43 bits per heavy atom. The molecule has 2 heterocycles. The van der Waals surface area contributed by atoms with Crippen LogP contribution in [0.4, 0.5) is 0 Å². The minimum absolute atomic E-state index is 0.0474. The Morgan fingerprint density at radius 1 is 1.17 bits per heavy atom. The van der Waals surface area contributed by atoms with Crippen LogP contribution in [0, 0.1) is 5.41 Å². The standard InChI is InChI=1S/C18H25N3O2/c1-14(22)20-12-15-2-4-16(5-3-15)17(23)21-10-7-18(8-11-21)6-9-19-13-18/h2-5,19H,6-13H2,1H3,(H,20,22). The third kappa shape index (κ3) is 3.72. The van der Waals surface area contributed by atoms with Crippen LogP contribution >= 0.6 is 0 Å². The van der Waals surface area contributed by atoms with Crippen LogP contribution in [0.25, 0.3) is 0 Å². The minimum atomic E-state index is -0.0474. The first-order valence-corrected chi connectivity index (χ1v) is 8.41. The number of amides is 2. The van der Waals surface area contributed by atoms with E-state index in [1.54, 1.807) is 0 Å². The molecular weight excluding hydrogens is 290 g/mol. The van der Waals surface area contributed by atoms with E-state index in [9.17, 15) is 9.59 Å². The van der Waals surface area contributed by atoms with Crippen molar-refractivity contribution in [3.8, 4) is 0 Å². The van der Waals surface area contributed by atoms with Crippen molar-refractivity contribution in [2.75, 3.05) is 26.2 Å². The summed E-state index contributed by atoms with van der Waals surface area (Å²) in [4.78, 5) is 25.5. The van der Waals surface area contributed by atoms with Crippen molar-refractivity contribution < 1.29 is 9.59 Å². The van der Waals surface area contributed by atoms with Gasteiger partial charge in [0.05, 0.1) is 0 Å². The van der Waals surface area contributed by atoms with Gasteiger partial charge in [0.25, 0.3) is 5.91 Å². The molecule has 5 heteroatoms. The molecule has 0 bridgehead atoms. The molecule has 1 aromatic carbocycles. The smallest absolute Gasteiger partial charge is 0.253 e. The van der Waals surface area contributed by atoms with Crippen molar-refractivity contribution in [1.29, 1.82) is 0 Å². The zero-order chi connectivity index (χ0) is 16.3. The van der Waals surface area contributed by atoms with Crippen LogP contribution in [0.1, 0.15) is 42.1 Å². The fraction of sp³-hybridized carbons (Fsp3) is 0.556. The van der Waals surface area contributed by atoms with Crippen molar-refractivity contribution >= 4 is 11.8 Å². The molecule has 0 radical (unpaired) electrons. The monoisotopic (exact) mass is 315 g/mol. The molecule has 23 heavy (non-hydrogen) atoms. The SMILES string of the molecule is CC(=O)NCc1ccc(C(=O)N2CCC3(CCNC3)CC2)cc1. The highest BCUT2D eigenvalue weighted by molar-refractivity contribution is 5.94. The van der Waals surface area contributed by atoms with Gasteiger partial charge in [-0.2, -0.15) is 0 Å². The second kappa shape index (κ2) is 6.71. The molecule has 2 aliphatic heterocycles. The van der Waals surface area contributed by atoms with E-state index in [-0.39, 0.29) is 11.8 Å². The Balaban J connectivity index is 1.57. The summed E-state index contributed by atoms with van der Waals surface area (Å²) in [5.74, 6) is 0.0747. The van der Waals surface area contributed by atoms with E-state index in [1.807, 2.05) is 29.2 Å². The van der Waals surface area contributed by atoms with Crippen molar-refractivity contribution in [2.24, 2.45) is 5.41 Å². The Hall–Kier alpha value is -1.88. The average Bonchev–Trinajstić information content (AvgIpc) is 3.02. The largest absolute Gasteiger partial charge is 0.352 e. The first kappa shape index (κ1) is 16.0. The molecule has 2 aliphatic rings. The fourth-order valence-corrected chi connectivity index (χ4v) is 3.58. The summed E-state index contributed by atoms with van der Waals surface area (Å²) in [6.07, 6.45) is 3.45. The molecule has 2 N–H and O–H groups in total. The molecule has 124 valence electrons. The maximum atomic E-state index is 12.6. The van der Waals surface area contributed by atoms with Crippen LogP contribution in [0.15, 0.2) is 24.3 Å². The molecule has 2 amide bonds. The van der Waals surface area contributed by atoms with Gasteiger partial charge in [-0.3, -0.25) is 9.59 Å². The number of nitrogens with one attached hydrogen (secondary N) is 2. The number of hydrogen-bond acceptors (Lipinski definition) is 3. The van der Waals surface area contributed by atoms with E-state index in [4.69, 9.17) is 0 Å². The summed E-state index contributed by atoms with van der Waals surface area (Å²) in [5.41, 5.74) is 2.17. The van der Waals surface area contributed by atoms with E-state index in [0.29, 0.717) is 12.0 Å². The van der Waals surface area contributed by atoms with Crippen LogP contribution in [0.2, 0.25) is 0 Å². The highest BCUT2D eigenvalue weighted by atomic mass is 16.2. The number of likely N-dealkylation sites (tertiary alicyclic amines) is 1. The number of nitrogens with zero attached hydrogens (tertiary/aromatic N) is 1. The van der Waals surface area contributed by atoms with Crippen LogP contribution in [-0.4, -0.2) is 42.9 Å². The lowest BCUT2D eigenvalue weighted by atomic mass is 9.78. The van der Waals surface area contributed by atoms with Crippen molar-refractivity contribution in [3.05, 3.63) is 35.4 Å². The number of rotatable bonds is 3. The van der Waals surface area contributed by atoms with Gasteiger partial charge in [-0.15, -0.1) is 0 Å². The summed E-state index contributed by atoms with van der Waals surface area (Å²) < 4.78 is 0. The molecule has 5 nitrogen and oxygen atoms in total. The van der Waals surface area contributed by atoms with Crippen molar-refractivity contribution in [2.45, 2.75) is 32.7 Å². The zero-order valence-corrected chi connectivity index (χ0v) is 13.7. The van der Waals surface area contributed by atoms with Crippen LogP contribution in [-0.2, 0) is 11.3 Å². The molecule has 0 saturated carbocycles. The summed E-state index contributed by atoms with van der Waals surface area (Å²) in [6, 6.07) is 7.55. The van der Waals surface area contributed by atoms with Crippen LogP contribution < -0.4 is 10.6 Å². The fourth-order valence-electron chi connectivity index (χ4n) is 3.58. The lowest BCUT2D eigenvalue weighted by Crippen LogP contribution is -2.44. The third-order valence-electron chi connectivity index (χ3n) is 5.19. The van der Waals surface area contributed by atoms with Crippen molar-refractivity contribution in [3.63, 3.8) is 0 Å². The lowest BCUT2D eigenvalue weighted by molar-refractivity contribution is -0.119. The summed E-state index contributed by atoms with van der Waals surface area (Å²) in [6.45, 7) is 5.93. The maximum Gasteiger partial charge on any atom is 0.253 e. The Labute approximate surface area is 137 Å². The normalized spacial score (nSPS) is 19.8. The number of benzene rings is 1. The number of piperidine rings is 1. The van der Waals surface area contributed by atoms with E-state index < -0.39 is 0 Å². The molecule has 3 rings (SSSR count). The van der Waals surface area contributed by atoms with Gasteiger partial charge in [0.1, 0.15) is 0 Å². The van der Waals surface area contributed by atoms with Crippen molar-refractivity contribution in [1.82, 2.24) is 15.5 Å². The quantitative estimate of drug-likeness (QED) is 0.889. The minimum Gasteiger partial charge on any atom is -0.352 e. The van der Waals surface area contributed by atoms with Gasteiger partial charge in [-0.25, -0.2) is 0 Å². The molecule has 0 aromatic heterocycles. The van der Waals surface area contributed by atoms with E-state index in [1.165, 1.54) is 13.3 Å². The van der Waals surface area contributed by atoms with Gasteiger partial charge in [0.15, 0.2) is 0 Å². The summed E-state index contributed by atoms with van der Waals surface area (Å²) in [5, 5.41) is 6.21. The molecule has 1 aromatic rings. The Kier molecular flexibility index (Phi) is 4.66. The highest BCUT2D eigenvalue weighted by Gasteiger charge is 2.38. The van der Waals surface area contributed by atoms with Gasteiger partial charge in [-0.05, 0) is 48.9 Å². The van der Waals surface area contributed by atoms with Crippen LogP contribution in [0.5, 0.6) is 0 Å². The molecule has 0 unspecified atom stereocenters. The third-order valence-corrected chi connectivity index (χ3v) is 5.19. The number of carbonyl (C=O) groups is 2. The maximum absolute atomic E-state index is 12.6. The Morgan fingerprint density at radius 2 is 1.87 bits per heavy atom.